The van der Waals surface area contributed by atoms with Gasteiger partial charge in [-0.25, -0.2) is 14.6 Å². The van der Waals surface area contributed by atoms with Crippen molar-refractivity contribution >= 4 is 11.9 Å². The topological polar surface area (TPSA) is 124 Å². The van der Waals surface area contributed by atoms with Gasteiger partial charge < -0.3 is 10.2 Å². The van der Waals surface area contributed by atoms with Crippen LogP contribution in [0.3, 0.4) is 0 Å². The van der Waals surface area contributed by atoms with Gasteiger partial charge in [0.2, 0.25) is 12.4 Å². The summed E-state index contributed by atoms with van der Waals surface area (Å²) in [6.45, 7) is 1.75. The molecule has 8 nitrogen and oxygen atoms in total. The number of aromatic carboxylic acids is 2. The lowest BCUT2D eigenvalue weighted by Gasteiger charge is -1.91. The second-order valence-electron chi connectivity index (χ2n) is 3.62. The van der Waals surface area contributed by atoms with Crippen LogP contribution in [0.15, 0.2) is 36.9 Å². The lowest BCUT2D eigenvalue weighted by molar-refractivity contribution is -0.904. The molecule has 0 saturated heterocycles. The molecule has 0 amide bonds. The first kappa shape index (κ1) is 15.0. The normalized spacial score (nSPS) is 9.25. The molecule has 0 radical (unpaired) electrons. The molecule has 0 fully saturated rings. The van der Waals surface area contributed by atoms with E-state index in [-0.39, 0.29) is 11.3 Å². The van der Waals surface area contributed by atoms with E-state index in [1.54, 1.807) is 6.92 Å². The molecular formula is C12H12N3O5+. The predicted octanol–water partition coefficient (Wildman–Crippen LogP) is 0.393. The van der Waals surface area contributed by atoms with Gasteiger partial charge in [-0.15, -0.1) is 0 Å². The van der Waals surface area contributed by atoms with Crippen molar-refractivity contribution in [2.45, 2.75) is 6.92 Å². The largest absolute Gasteiger partial charge is 0.478 e. The van der Waals surface area contributed by atoms with Gasteiger partial charge in [0, 0.05) is 23.1 Å². The minimum Gasteiger partial charge on any atom is -0.478 e. The lowest BCUT2D eigenvalue weighted by atomic mass is 10.3. The summed E-state index contributed by atoms with van der Waals surface area (Å²) >= 11 is 0. The predicted molar refractivity (Wildman–Crippen MR) is 64.5 cm³/mol. The molecule has 104 valence electrons. The Morgan fingerprint density at radius 1 is 1.05 bits per heavy atom. The number of carboxylic acid groups (broad SMARTS) is 2. The fourth-order valence-electron chi connectivity index (χ4n) is 1.06. The molecule has 0 saturated carbocycles. The highest BCUT2D eigenvalue weighted by molar-refractivity contribution is 5.87. The molecule has 0 aliphatic carbocycles. The summed E-state index contributed by atoms with van der Waals surface area (Å²) < 4.78 is 0.784. The van der Waals surface area contributed by atoms with Crippen LogP contribution in [0.4, 0.5) is 0 Å². The molecule has 0 aliphatic rings. The highest BCUT2D eigenvalue weighted by Gasteiger charge is 2.03. The number of hydrogen-bond donors (Lipinski definition) is 3. The molecule has 0 unspecified atom stereocenters. The summed E-state index contributed by atoms with van der Waals surface area (Å²) in [6.07, 6.45) is 5.16. The number of hydrogen-bond acceptors (Lipinski definition) is 5. The molecule has 2 heterocycles. The molecule has 8 heteroatoms. The van der Waals surface area contributed by atoms with E-state index in [1.807, 2.05) is 0 Å². The van der Waals surface area contributed by atoms with Crippen LogP contribution in [0, 0.1) is 6.92 Å². The quantitative estimate of drug-likeness (QED) is 0.536. The Hall–Kier alpha value is -3.03. The highest BCUT2D eigenvalue weighted by Crippen LogP contribution is 1.93. The van der Waals surface area contributed by atoms with Gasteiger partial charge in [-0.1, -0.05) is 0 Å². The minimum atomic E-state index is -1.05. The number of aryl methyl sites for hydroxylation is 1. The van der Waals surface area contributed by atoms with Crippen LogP contribution in [-0.4, -0.2) is 37.3 Å². The van der Waals surface area contributed by atoms with Crippen molar-refractivity contribution in [2.75, 3.05) is 0 Å². The average Bonchev–Trinajstić information content (AvgIpc) is 2.40. The molecule has 0 bridgehead atoms. The van der Waals surface area contributed by atoms with Crippen LogP contribution in [0.25, 0.3) is 0 Å². The van der Waals surface area contributed by atoms with Gasteiger partial charge in [0.15, 0.2) is 5.69 Å². The first-order valence-corrected chi connectivity index (χ1v) is 5.36. The third-order valence-corrected chi connectivity index (χ3v) is 2.06. The maximum atomic E-state index is 10.2. The van der Waals surface area contributed by atoms with Crippen molar-refractivity contribution in [1.82, 2.24) is 9.97 Å². The fraction of sp³-hybridized carbons (Fsp3) is 0.0833. The minimum absolute atomic E-state index is 0.0226. The van der Waals surface area contributed by atoms with E-state index in [0.29, 0.717) is 5.69 Å². The zero-order valence-electron chi connectivity index (χ0n) is 10.5. The van der Waals surface area contributed by atoms with Gasteiger partial charge in [0.1, 0.15) is 0 Å². The van der Waals surface area contributed by atoms with Crippen LogP contribution >= 0.6 is 0 Å². The fourth-order valence-corrected chi connectivity index (χ4v) is 1.06. The lowest BCUT2D eigenvalue weighted by Crippen LogP contribution is -2.28. The maximum absolute atomic E-state index is 10.2. The first-order chi connectivity index (χ1) is 9.40. The Bertz CT molecular complexity index is 540. The van der Waals surface area contributed by atoms with Gasteiger partial charge >= 0.3 is 11.9 Å². The summed E-state index contributed by atoms with van der Waals surface area (Å²) in [5, 5.41) is 25.4. The summed E-state index contributed by atoms with van der Waals surface area (Å²) in [5.41, 5.74) is 0.848. The van der Waals surface area contributed by atoms with Gasteiger partial charge in [0.05, 0.1) is 17.5 Å². The van der Waals surface area contributed by atoms with E-state index in [4.69, 9.17) is 15.4 Å². The van der Waals surface area contributed by atoms with E-state index < -0.39 is 11.9 Å². The van der Waals surface area contributed by atoms with E-state index in [2.05, 4.69) is 9.97 Å². The number of nitrogens with zero attached hydrogens (tertiary/aromatic N) is 3. The van der Waals surface area contributed by atoms with E-state index in [1.165, 1.54) is 36.9 Å². The Morgan fingerprint density at radius 3 is 2.05 bits per heavy atom. The number of pyridine rings is 1. The average molecular weight is 278 g/mol. The Morgan fingerprint density at radius 2 is 1.65 bits per heavy atom. The van der Waals surface area contributed by atoms with E-state index in [0.717, 1.165) is 4.73 Å². The zero-order valence-corrected chi connectivity index (χ0v) is 10.5. The van der Waals surface area contributed by atoms with Crippen molar-refractivity contribution in [3.05, 3.63) is 53.9 Å². The number of aromatic nitrogens is 3. The van der Waals surface area contributed by atoms with E-state index >= 15 is 0 Å². The van der Waals surface area contributed by atoms with Crippen LogP contribution in [-0.2, 0) is 0 Å². The summed E-state index contributed by atoms with van der Waals surface area (Å²) in [6, 6.07) is 2.62. The third kappa shape index (κ3) is 4.69. The Balaban J connectivity index is 0.000000200. The third-order valence-electron chi connectivity index (χ3n) is 2.06. The molecular weight excluding hydrogens is 266 g/mol. The van der Waals surface area contributed by atoms with Crippen molar-refractivity contribution in [3.8, 4) is 0 Å². The summed E-state index contributed by atoms with van der Waals surface area (Å²) in [7, 11) is 0. The molecule has 2 rings (SSSR count). The first-order valence-electron chi connectivity index (χ1n) is 5.36. The number of rotatable bonds is 2. The number of carbonyl (C=O) groups is 2. The Kier molecular flexibility index (Phi) is 5.10. The second-order valence-corrected chi connectivity index (χ2v) is 3.62. The molecule has 20 heavy (non-hydrogen) atoms. The van der Waals surface area contributed by atoms with Crippen molar-refractivity contribution in [2.24, 2.45) is 0 Å². The smallest absolute Gasteiger partial charge is 0.356 e. The van der Waals surface area contributed by atoms with Crippen LogP contribution < -0.4 is 4.73 Å². The van der Waals surface area contributed by atoms with Crippen LogP contribution in [0.2, 0.25) is 0 Å². The SMILES string of the molecule is Cc1cnc(C(=O)O)cn1.O=C(O)c1cc[n+](O)cc1. The van der Waals surface area contributed by atoms with Crippen molar-refractivity contribution in [3.63, 3.8) is 0 Å². The van der Waals surface area contributed by atoms with Crippen molar-refractivity contribution in [1.29, 1.82) is 0 Å². The number of carboxylic acids is 2. The van der Waals surface area contributed by atoms with E-state index in [9.17, 15) is 9.59 Å². The molecule has 2 aromatic rings. The van der Waals surface area contributed by atoms with Crippen LogP contribution in [0.5, 0.6) is 0 Å². The summed E-state index contributed by atoms with van der Waals surface area (Å²) in [5.74, 6) is -2.05. The highest BCUT2D eigenvalue weighted by atomic mass is 16.5. The zero-order chi connectivity index (χ0) is 15.1. The van der Waals surface area contributed by atoms with Crippen LogP contribution in [0.1, 0.15) is 26.5 Å². The second kappa shape index (κ2) is 6.78. The van der Waals surface area contributed by atoms with Gasteiger partial charge in [-0.05, 0) is 6.92 Å². The van der Waals surface area contributed by atoms with Gasteiger partial charge in [-0.3, -0.25) is 10.2 Å². The maximum Gasteiger partial charge on any atom is 0.356 e. The standard InChI is InChI=1S/C6H6N2O2.C6H5NO3/c1-4-2-8-5(3-7-4)6(9)10;8-6(9)5-1-3-7(10)4-2-5/h2-3H,1H3,(H,9,10);1-4H,(H-,8,9,10)/p+1. The molecule has 2 aromatic heterocycles. The molecule has 0 atom stereocenters. The molecule has 0 aliphatic heterocycles. The Labute approximate surface area is 113 Å². The van der Waals surface area contributed by atoms with Gasteiger partial charge in [0.25, 0.3) is 0 Å². The molecule has 0 aromatic carbocycles. The monoisotopic (exact) mass is 278 g/mol. The summed E-state index contributed by atoms with van der Waals surface area (Å²) in [4.78, 5) is 27.8. The molecule has 3 N–H and O–H groups in total. The van der Waals surface area contributed by atoms with Crippen molar-refractivity contribution < 1.29 is 29.7 Å². The molecule has 0 spiro atoms. The van der Waals surface area contributed by atoms with Gasteiger partial charge in [-0.2, -0.15) is 0 Å².